The van der Waals surface area contributed by atoms with Gasteiger partial charge in [-0.05, 0) is 31.9 Å². The second-order valence-electron chi connectivity index (χ2n) is 4.57. The second kappa shape index (κ2) is 5.65. The fraction of sp³-hybridized carbons (Fsp3) is 0.267. The van der Waals surface area contributed by atoms with Gasteiger partial charge < -0.3 is 5.11 Å². The van der Waals surface area contributed by atoms with Crippen molar-refractivity contribution in [2.24, 2.45) is 0 Å². The summed E-state index contributed by atoms with van der Waals surface area (Å²) in [6.07, 6.45) is 4.64. The van der Waals surface area contributed by atoms with Crippen molar-refractivity contribution < 1.29 is 5.11 Å². The van der Waals surface area contributed by atoms with E-state index in [0.29, 0.717) is 6.42 Å². The van der Waals surface area contributed by atoms with Crippen LogP contribution in [0.4, 0.5) is 0 Å². The Balaban J connectivity index is 2.08. The van der Waals surface area contributed by atoms with Gasteiger partial charge in [-0.15, -0.1) is 6.58 Å². The van der Waals surface area contributed by atoms with E-state index in [4.69, 9.17) is 0 Å². The second-order valence-corrected chi connectivity index (χ2v) is 4.57. The molecule has 0 saturated carbocycles. The average Bonchev–Trinajstić information content (AvgIpc) is 2.86. The molecule has 0 aliphatic rings. The van der Waals surface area contributed by atoms with E-state index < -0.39 is 6.10 Å². The monoisotopic (exact) mass is 242 g/mol. The smallest absolute Gasteiger partial charge is 0.0823 e. The highest BCUT2D eigenvalue weighted by Crippen LogP contribution is 2.20. The van der Waals surface area contributed by atoms with Crippen LogP contribution in [-0.4, -0.2) is 14.9 Å². The number of benzene rings is 1. The predicted octanol–water partition coefficient (Wildman–Crippen LogP) is 3.26. The molecule has 94 valence electrons. The van der Waals surface area contributed by atoms with Crippen LogP contribution in [-0.2, 0) is 0 Å². The molecule has 0 saturated heterocycles. The average molecular weight is 242 g/mol. The number of hydrogen-bond acceptors (Lipinski definition) is 2. The summed E-state index contributed by atoms with van der Waals surface area (Å²) in [4.78, 5) is 0. The van der Waals surface area contributed by atoms with Gasteiger partial charge >= 0.3 is 0 Å². The molecule has 0 bridgehead atoms. The molecule has 1 aromatic heterocycles. The van der Waals surface area contributed by atoms with E-state index in [1.807, 2.05) is 43.5 Å². The molecule has 1 N–H and O–H groups in total. The van der Waals surface area contributed by atoms with E-state index in [0.717, 1.165) is 23.2 Å². The van der Waals surface area contributed by atoms with Crippen LogP contribution in [0.15, 0.2) is 54.9 Å². The van der Waals surface area contributed by atoms with Gasteiger partial charge in [-0.3, -0.25) is 0 Å². The van der Waals surface area contributed by atoms with Gasteiger partial charge in [0.2, 0.25) is 0 Å². The van der Waals surface area contributed by atoms with Crippen molar-refractivity contribution in [3.63, 3.8) is 0 Å². The summed E-state index contributed by atoms with van der Waals surface area (Å²) in [6, 6.07) is 9.87. The molecule has 0 fully saturated rings. The summed E-state index contributed by atoms with van der Waals surface area (Å²) in [6.45, 7) is 5.81. The quantitative estimate of drug-likeness (QED) is 0.817. The van der Waals surface area contributed by atoms with Crippen LogP contribution in [0.3, 0.4) is 0 Å². The lowest BCUT2D eigenvalue weighted by Gasteiger charge is -2.07. The lowest BCUT2D eigenvalue weighted by Crippen LogP contribution is -1.97. The third-order valence-corrected chi connectivity index (χ3v) is 2.85. The van der Waals surface area contributed by atoms with Crippen LogP contribution < -0.4 is 0 Å². The van der Waals surface area contributed by atoms with Gasteiger partial charge in [-0.2, -0.15) is 5.10 Å². The molecule has 0 aliphatic heterocycles. The zero-order valence-electron chi connectivity index (χ0n) is 10.6. The van der Waals surface area contributed by atoms with Gasteiger partial charge in [-0.25, -0.2) is 4.68 Å². The summed E-state index contributed by atoms with van der Waals surface area (Å²) in [5.74, 6) is 0. The summed E-state index contributed by atoms with van der Waals surface area (Å²) >= 11 is 0. The molecule has 2 rings (SSSR count). The van der Waals surface area contributed by atoms with Crippen LogP contribution in [0.2, 0.25) is 0 Å². The number of aromatic nitrogens is 2. The molecule has 1 aromatic carbocycles. The Morgan fingerprint density at radius 1 is 1.39 bits per heavy atom. The number of hydrogen-bond donors (Lipinski definition) is 1. The van der Waals surface area contributed by atoms with Crippen molar-refractivity contribution >= 4 is 0 Å². The molecule has 18 heavy (non-hydrogen) atoms. The zero-order valence-corrected chi connectivity index (χ0v) is 10.6. The Morgan fingerprint density at radius 2 is 2.11 bits per heavy atom. The molecule has 0 radical (unpaired) electrons. The number of allylic oxidation sites excluding steroid dienone is 1. The summed E-state index contributed by atoms with van der Waals surface area (Å²) in [5, 5.41) is 14.3. The largest absolute Gasteiger partial charge is 0.388 e. The van der Waals surface area contributed by atoms with Gasteiger partial charge in [0.25, 0.3) is 0 Å². The van der Waals surface area contributed by atoms with Gasteiger partial charge in [0.1, 0.15) is 0 Å². The first kappa shape index (κ1) is 12.6. The topological polar surface area (TPSA) is 38.1 Å². The summed E-state index contributed by atoms with van der Waals surface area (Å²) < 4.78 is 1.78. The van der Waals surface area contributed by atoms with Crippen molar-refractivity contribution in [3.8, 4) is 5.69 Å². The Bertz CT molecular complexity index is 516. The first-order valence-electron chi connectivity index (χ1n) is 6.09. The van der Waals surface area contributed by atoms with Crippen molar-refractivity contribution in [1.82, 2.24) is 9.78 Å². The zero-order chi connectivity index (χ0) is 13.0. The van der Waals surface area contributed by atoms with Crippen molar-refractivity contribution in [2.45, 2.75) is 25.9 Å². The Hall–Kier alpha value is -1.87. The van der Waals surface area contributed by atoms with E-state index in [9.17, 15) is 5.11 Å². The standard InChI is InChI=1S/C15H18N2O/c1-12(2)8-9-15(18)13-10-16-17(11-13)14-6-4-3-5-7-14/h3-7,10-11,15,18H,1,8-9H2,2H3. The first-order chi connectivity index (χ1) is 8.66. The lowest BCUT2D eigenvalue weighted by atomic mass is 10.1. The van der Waals surface area contributed by atoms with Gasteiger partial charge in [-0.1, -0.05) is 23.8 Å². The minimum atomic E-state index is -0.473. The minimum absolute atomic E-state index is 0.473. The van der Waals surface area contributed by atoms with Crippen molar-refractivity contribution in [3.05, 3.63) is 60.4 Å². The third kappa shape index (κ3) is 3.08. The van der Waals surface area contributed by atoms with Crippen LogP contribution in [0.1, 0.15) is 31.4 Å². The van der Waals surface area contributed by atoms with E-state index in [1.165, 1.54) is 0 Å². The maximum Gasteiger partial charge on any atom is 0.0823 e. The van der Waals surface area contributed by atoms with E-state index >= 15 is 0 Å². The molecule has 1 heterocycles. The Kier molecular flexibility index (Phi) is 3.95. The predicted molar refractivity (Wildman–Crippen MR) is 72.6 cm³/mol. The molecule has 1 unspecified atom stereocenters. The highest BCUT2D eigenvalue weighted by atomic mass is 16.3. The molecule has 1 atom stereocenters. The number of aliphatic hydroxyl groups is 1. The molecule has 3 heteroatoms. The van der Waals surface area contributed by atoms with E-state index in [2.05, 4.69) is 11.7 Å². The minimum Gasteiger partial charge on any atom is -0.388 e. The molecule has 2 aromatic rings. The van der Waals surface area contributed by atoms with Crippen LogP contribution >= 0.6 is 0 Å². The van der Waals surface area contributed by atoms with Gasteiger partial charge in [0.15, 0.2) is 0 Å². The summed E-state index contributed by atoms with van der Waals surface area (Å²) in [5.41, 5.74) is 2.93. The Labute approximate surface area is 107 Å². The van der Waals surface area contributed by atoms with Gasteiger partial charge in [0.05, 0.1) is 18.0 Å². The van der Waals surface area contributed by atoms with E-state index in [-0.39, 0.29) is 0 Å². The number of rotatable bonds is 5. The molecule has 0 amide bonds. The fourth-order valence-electron chi connectivity index (χ4n) is 1.78. The van der Waals surface area contributed by atoms with Gasteiger partial charge in [0, 0.05) is 11.8 Å². The SMILES string of the molecule is C=C(C)CCC(O)c1cnn(-c2ccccc2)c1. The van der Waals surface area contributed by atoms with E-state index in [1.54, 1.807) is 10.9 Å². The molecule has 0 spiro atoms. The molecule has 0 aliphatic carbocycles. The number of aliphatic hydroxyl groups excluding tert-OH is 1. The normalized spacial score (nSPS) is 12.3. The number of para-hydroxylation sites is 1. The highest BCUT2D eigenvalue weighted by molar-refractivity contribution is 5.31. The van der Waals surface area contributed by atoms with Crippen LogP contribution in [0.5, 0.6) is 0 Å². The maximum atomic E-state index is 10.0. The maximum absolute atomic E-state index is 10.0. The third-order valence-electron chi connectivity index (χ3n) is 2.85. The first-order valence-corrected chi connectivity index (χ1v) is 6.09. The fourth-order valence-corrected chi connectivity index (χ4v) is 1.78. The number of nitrogens with zero attached hydrogens (tertiary/aromatic N) is 2. The summed E-state index contributed by atoms with van der Waals surface area (Å²) in [7, 11) is 0. The Morgan fingerprint density at radius 3 is 2.78 bits per heavy atom. The molecular formula is C15H18N2O. The highest BCUT2D eigenvalue weighted by Gasteiger charge is 2.10. The van der Waals surface area contributed by atoms with Crippen molar-refractivity contribution in [1.29, 1.82) is 0 Å². The molecule has 3 nitrogen and oxygen atoms in total. The molecular weight excluding hydrogens is 224 g/mol. The van der Waals surface area contributed by atoms with Crippen molar-refractivity contribution in [2.75, 3.05) is 0 Å². The van der Waals surface area contributed by atoms with Crippen LogP contribution in [0.25, 0.3) is 5.69 Å². The van der Waals surface area contributed by atoms with Crippen LogP contribution in [0, 0.1) is 0 Å². The lowest BCUT2D eigenvalue weighted by molar-refractivity contribution is 0.168.